The van der Waals surface area contributed by atoms with Crippen LogP contribution in [-0.4, -0.2) is 39.1 Å². The predicted octanol–water partition coefficient (Wildman–Crippen LogP) is -0.678. The van der Waals surface area contributed by atoms with E-state index in [2.05, 4.69) is 22.9 Å². The van der Waals surface area contributed by atoms with Crippen LogP contribution < -0.4 is 16.0 Å². The Morgan fingerprint density at radius 1 is 1.00 bits per heavy atom. The van der Waals surface area contributed by atoms with Gasteiger partial charge in [0.15, 0.2) is 0 Å². The van der Waals surface area contributed by atoms with Crippen molar-refractivity contribution in [2.75, 3.05) is 32.7 Å². The first kappa shape index (κ1) is 11.4. The Kier molecular flexibility index (Phi) is 9.86. The Labute approximate surface area is 74.1 Å². The quantitative estimate of drug-likeness (QED) is 0.320. The zero-order valence-corrected chi connectivity index (χ0v) is 7.73. The third-order valence-electron chi connectivity index (χ3n) is 1.43. The van der Waals surface area contributed by atoms with Crippen molar-refractivity contribution < 1.29 is 4.79 Å². The van der Waals surface area contributed by atoms with Crippen LogP contribution in [0.3, 0.4) is 0 Å². The molecule has 0 aromatic rings. The molecule has 0 fully saturated rings. The van der Waals surface area contributed by atoms with Crippen molar-refractivity contribution in [2.24, 2.45) is 0 Å². The fraction of sp³-hybridized carbons (Fsp3) is 0.875. The van der Waals surface area contributed by atoms with Crippen LogP contribution in [0.15, 0.2) is 0 Å². The third-order valence-corrected chi connectivity index (χ3v) is 1.43. The molecular formula is C8H19N3O. The zero-order chi connectivity index (χ0) is 9.07. The molecule has 0 aliphatic carbocycles. The lowest BCUT2D eigenvalue weighted by Gasteiger charge is -2.04. The van der Waals surface area contributed by atoms with Crippen molar-refractivity contribution in [3.63, 3.8) is 0 Å². The highest BCUT2D eigenvalue weighted by Gasteiger charge is 1.85. The van der Waals surface area contributed by atoms with Crippen LogP contribution in [0, 0.1) is 0 Å². The van der Waals surface area contributed by atoms with Crippen molar-refractivity contribution in [3.05, 3.63) is 0 Å². The van der Waals surface area contributed by atoms with Crippen LogP contribution in [0.2, 0.25) is 0 Å². The molecule has 0 aromatic heterocycles. The standard InChI is InChI=1S/C8H19N3O/c1-2-3-9-4-5-10-6-7-11-8-12/h8-10H,2-7H2,1H3,(H,11,12). The molecule has 3 N–H and O–H groups in total. The van der Waals surface area contributed by atoms with Gasteiger partial charge in [-0.15, -0.1) is 0 Å². The normalized spacial score (nSPS) is 9.75. The number of hydrogen-bond donors (Lipinski definition) is 3. The Morgan fingerprint density at radius 3 is 2.17 bits per heavy atom. The van der Waals surface area contributed by atoms with Crippen molar-refractivity contribution in [3.8, 4) is 0 Å². The molecule has 0 unspecified atom stereocenters. The Morgan fingerprint density at radius 2 is 1.58 bits per heavy atom. The molecular weight excluding hydrogens is 154 g/mol. The number of amides is 1. The highest BCUT2D eigenvalue weighted by Crippen LogP contribution is 1.67. The first-order chi connectivity index (χ1) is 5.91. The molecule has 12 heavy (non-hydrogen) atoms. The maximum Gasteiger partial charge on any atom is 0.207 e. The lowest BCUT2D eigenvalue weighted by atomic mass is 10.4. The van der Waals surface area contributed by atoms with E-state index < -0.39 is 0 Å². The van der Waals surface area contributed by atoms with Gasteiger partial charge < -0.3 is 16.0 Å². The Balaban J connectivity index is 2.77. The van der Waals surface area contributed by atoms with Gasteiger partial charge in [-0.1, -0.05) is 6.92 Å². The van der Waals surface area contributed by atoms with Crippen LogP contribution in [0.5, 0.6) is 0 Å². The van der Waals surface area contributed by atoms with E-state index in [0.29, 0.717) is 6.54 Å². The summed E-state index contributed by atoms with van der Waals surface area (Å²) in [7, 11) is 0. The molecule has 0 radical (unpaired) electrons. The summed E-state index contributed by atoms with van der Waals surface area (Å²) in [4.78, 5) is 9.83. The van der Waals surface area contributed by atoms with E-state index in [0.717, 1.165) is 32.6 Å². The van der Waals surface area contributed by atoms with Gasteiger partial charge in [0.1, 0.15) is 0 Å². The summed E-state index contributed by atoms with van der Waals surface area (Å²) >= 11 is 0. The summed E-state index contributed by atoms with van der Waals surface area (Å²) in [5.74, 6) is 0. The molecule has 0 heterocycles. The first-order valence-electron chi connectivity index (χ1n) is 4.50. The van der Waals surface area contributed by atoms with Gasteiger partial charge in [-0.3, -0.25) is 4.79 Å². The second kappa shape index (κ2) is 10.4. The number of carbonyl (C=O) groups excluding carboxylic acids is 1. The topological polar surface area (TPSA) is 53.2 Å². The summed E-state index contributed by atoms with van der Waals surface area (Å²) in [6.07, 6.45) is 1.89. The van der Waals surface area contributed by atoms with Crippen LogP contribution in [-0.2, 0) is 4.79 Å². The minimum atomic E-state index is 0.706. The average molecular weight is 173 g/mol. The molecule has 72 valence electrons. The van der Waals surface area contributed by atoms with Crippen LogP contribution >= 0.6 is 0 Å². The maximum absolute atomic E-state index is 9.83. The largest absolute Gasteiger partial charge is 0.357 e. The second-order valence-corrected chi connectivity index (χ2v) is 2.57. The van der Waals surface area contributed by atoms with Crippen LogP contribution in [0.1, 0.15) is 13.3 Å². The molecule has 0 saturated heterocycles. The summed E-state index contributed by atoms with van der Waals surface area (Å²) in [6.45, 7) is 6.72. The molecule has 0 spiro atoms. The van der Waals surface area contributed by atoms with E-state index in [1.54, 1.807) is 0 Å². The van der Waals surface area contributed by atoms with Gasteiger partial charge in [-0.25, -0.2) is 0 Å². The molecule has 0 atom stereocenters. The van der Waals surface area contributed by atoms with Gasteiger partial charge in [0.05, 0.1) is 0 Å². The number of hydrogen-bond acceptors (Lipinski definition) is 3. The van der Waals surface area contributed by atoms with Crippen molar-refractivity contribution >= 4 is 6.41 Å². The molecule has 0 bridgehead atoms. The lowest BCUT2D eigenvalue weighted by Crippen LogP contribution is -2.32. The van der Waals surface area contributed by atoms with E-state index in [4.69, 9.17) is 0 Å². The summed E-state index contributed by atoms with van der Waals surface area (Å²) < 4.78 is 0. The second-order valence-electron chi connectivity index (χ2n) is 2.57. The molecule has 0 aromatic carbocycles. The Hall–Kier alpha value is -0.610. The van der Waals surface area contributed by atoms with E-state index >= 15 is 0 Å². The molecule has 4 heteroatoms. The first-order valence-corrected chi connectivity index (χ1v) is 4.50. The zero-order valence-electron chi connectivity index (χ0n) is 7.73. The third kappa shape index (κ3) is 9.39. The summed E-state index contributed by atoms with van der Waals surface area (Å²) in [5, 5.41) is 9.06. The van der Waals surface area contributed by atoms with Gasteiger partial charge >= 0.3 is 0 Å². The Bertz CT molecular complexity index is 98.3. The minimum Gasteiger partial charge on any atom is -0.357 e. The maximum atomic E-state index is 9.83. The van der Waals surface area contributed by atoms with Gasteiger partial charge in [0, 0.05) is 26.2 Å². The SMILES string of the molecule is CCCNCCNCCNC=O. The van der Waals surface area contributed by atoms with Gasteiger partial charge in [0.2, 0.25) is 6.41 Å². The van der Waals surface area contributed by atoms with E-state index in [1.165, 1.54) is 6.42 Å². The van der Waals surface area contributed by atoms with E-state index in [-0.39, 0.29) is 0 Å². The number of nitrogens with one attached hydrogen (secondary N) is 3. The van der Waals surface area contributed by atoms with E-state index in [1.807, 2.05) is 0 Å². The summed E-state index contributed by atoms with van der Waals surface area (Å²) in [6, 6.07) is 0. The lowest BCUT2D eigenvalue weighted by molar-refractivity contribution is -0.109. The van der Waals surface area contributed by atoms with Gasteiger partial charge in [-0.2, -0.15) is 0 Å². The molecule has 0 aliphatic heterocycles. The van der Waals surface area contributed by atoms with Crippen molar-refractivity contribution in [2.45, 2.75) is 13.3 Å². The van der Waals surface area contributed by atoms with Crippen molar-refractivity contribution in [1.82, 2.24) is 16.0 Å². The fourth-order valence-corrected chi connectivity index (χ4v) is 0.823. The van der Waals surface area contributed by atoms with Crippen LogP contribution in [0.4, 0.5) is 0 Å². The predicted molar refractivity (Wildman–Crippen MR) is 50.1 cm³/mol. The fourth-order valence-electron chi connectivity index (χ4n) is 0.823. The molecule has 0 saturated carbocycles. The van der Waals surface area contributed by atoms with Gasteiger partial charge in [-0.05, 0) is 13.0 Å². The number of carbonyl (C=O) groups is 1. The molecule has 4 nitrogen and oxygen atoms in total. The summed E-state index contributed by atoms with van der Waals surface area (Å²) in [5.41, 5.74) is 0. The smallest absolute Gasteiger partial charge is 0.207 e. The minimum absolute atomic E-state index is 0.706. The number of rotatable bonds is 9. The average Bonchev–Trinajstić information content (AvgIpc) is 2.10. The molecule has 0 rings (SSSR count). The van der Waals surface area contributed by atoms with E-state index in [9.17, 15) is 4.79 Å². The molecule has 0 aliphatic rings. The molecule has 1 amide bonds. The van der Waals surface area contributed by atoms with Gasteiger partial charge in [0.25, 0.3) is 0 Å². The monoisotopic (exact) mass is 173 g/mol. The van der Waals surface area contributed by atoms with Crippen LogP contribution in [0.25, 0.3) is 0 Å². The highest BCUT2D eigenvalue weighted by atomic mass is 16.1. The highest BCUT2D eigenvalue weighted by molar-refractivity contribution is 5.45. The van der Waals surface area contributed by atoms with Crippen molar-refractivity contribution in [1.29, 1.82) is 0 Å².